The summed E-state index contributed by atoms with van der Waals surface area (Å²) in [6.45, 7) is 7.96. The van der Waals surface area contributed by atoms with Crippen LogP contribution in [0.3, 0.4) is 0 Å². The van der Waals surface area contributed by atoms with Crippen molar-refractivity contribution in [2.24, 2.45) is 11.3 Å². The number of hydrogen-bond acceptors (Lipinski definition) is 5. The summed E-state index contributed by atoms with van der Waals surface area (Å²) in [6, 6.07) is 0.814. The average molecular weight is 433 g/mol. The summed E-state index contributed by atoms with van der Waals surface area (Å²) in [5.41, 5.74) is -1.10. The number of alkyl halides is 3. The molecule has 0 aromatic carbocycles. The van der Waals surface area contributed by atoms with Gasteiger partial charge in [-0.1, -0.05) is 0 Å². The van der Waals surface area contributed by atoms with Crippen LogP contribution in [-0.4, -0.2) is 68.5 Å². The summed E-state index contributed by atoms with van der Waals surface area (Å²) in [4.78, 5) is 5.78. The Labute approximate surface area is 169 Å². The largest absolute Gasteiger partial charge is 0.433 e. The Morgan fingerprint density at radius 1 is 1.17 bits per heavy atom. The molecule has 0 bridgehead atoms. The van der Waals surface area contributed by atoms with Gasteiger partial charge in [0.25, 0.3) is 0 Å². The third-order valence-electron chi connectivity index (χ3n) is 6.22. The highest BCUT2D eigenvalue weighted by molar-refractivity contribution is 7.89. The standard InChI is InChI=1S/C19H26F3N3O3S/c1-13-7-16(19(20,21)22)23-14(2)17(13)29(26,27)25-11-18(12-25)9-24(10-18)8-15-3-5-28-6-4-15/h7,15H,3-6,8-12H2,1-2H3. The van der Waals surface area contributed by atoms with E-state index >= 15 is 0 Å². The van der Waals surface area contributed by atoms with Gasteiger partial charge in [-0.15, -0.1) is 0 Å². The molecule has 0 amide bonds. The molecule has 1 aromatic heterocycles. The molecule has 4 heterocycles. The van der Waals surface area contributed by atoms with Gasteiger partial charge < -0.3 is 9.64 Å². The van der Waals surface area contributed by atoms with Gasteiger partial charge >= 0.3 is 6.18 Å². The average Bonchev–Trinajstić information content (AvgIpc) is 2.54. The molecule has 1 spiro atoms. The van der Waals surface area contributed by atoms with Crippen molar-refractivity contribution in [1.82, 2.24) is 14.2 Å². The number of sulfonamides is 1. The lowest BCUT2D eigenvalue weighted by atomic mass is 9.74. The van der Waals surface area contributed by atoms with Gasteiger partial charge in [-0.05, 0) is 44.2 Å². The van der Waals surface area contributed by atoms with E-state index in [2.05, 4.69) is 9.88 Å². The van der Waals surface area contributed by atoms with Crippen LogP contribution in [0.1, 0.15) is 29.8 Å². The Balaban J connectivity index is 1.40. The lowest BCUT2D eigenvalue weighted by Crippen LogP contribution is -2.73. The second-order valence-corrected chi connectivity index (χ2v) is 10.6. The van der Waals surface area contributed by atoms with E-state index in [9.17, 15) is 21.6 Å². The first-order valence-electron chi connectivity index (χ1n) is 9.86. The maximum Gasteiger partial charge on any atom is 0.433 e. The zero-order valence-corrected chi connectivity index (χ0v) is 17.4. The van der Waals surface area contributed by atoms with Crippen molar-refractivity contribution >= 4 is 10.0 Å². The van der Waals surface area contributed by atoms with E-state index in [0.717, 1.165) is 51.8 Å². The van der Waals surface area contributed by atoms with E-state index in [1.165, 1.54) is 18.2 Å². The first-order chi connectivity index (χ1) is 13.5. The minimum Gasteiger partial charge on any atom is -0.381 e. The van der Waals surface area contributed by atoms with E-state index in [4.69, 9.17) is 4.74 Å². The highest BCUT2D eigenvalue weighted by Gasteiger charge is 2.55. The predicted octanol–water partition coefficient (Wildman–Crippen LogP) is 2.45. The third-order valence-corrected chi connectivity index (χ3v) is 8.29. The second kappa shape index (κ2) is 7.18. The Kier molecular flexibility index (Phi) is 5.20. The minimum atomic E-state index is -4.60. The molecule has 6 nitrogen and oxygen atoms in total. The maximum atomic E-state index is 13.0. The van der Waals surface area contributed by atoms with Crippen LogP contribution < -0.4 is 0 Å². The lowest BCUT2D eigenvalue weighted by molar-refractivity contribution is -0.141. The van der Waals surface area contributed by atoms with Gasteiger partial charge in [0.2, 0.25) is 10.0 Å². The van der Waals surface area contributed by atoms with E-state index in [0.29, 0.717) is 19.0 Å². The number of rotatable bonds is 4. The highest BCUT2D eigenvalue weighted by Crippen LogP contribution is 2.43. The molecule has 4 rings (SSSR count). The van der Waals surface area contributed by atoms with Crippen LogP contribution in [0.25, 0.3) is 0 Å². The Morgan fingerprint density at radius 3 is 2.34 bits per heavy atom. The summed E-state index contributed by atoms with van der Waals surface area (Å²) in [6.07, 6.45) is -2.45. The number of aromatic nitrogens is 1. The van der Waals surface area contributed by atoms with Gasteiger partial charge in [0, 0.05) is 51.4 Å². The Bertz CT molecular complexity index is 861. The molecule has 162 valence electrons. The molecule has 10 heteroatoms. The highest BCUT2D eigenvalue weighted by atomic mass is 32.2. The summed E-state index contributed by atoms with van der Waals surface area (Å²) < 4.78 is 71.6. The Hall–Kier alpha value is -1.23. The van der Waals surface area contributed by atoms with Crippen molar-refractivity contribution in [2.45, 2.75) is 37.8 Å². The van der Waals surface area contributed by atoms with Crippen molar-refractivity contribution in [3.05, 3.63) is 23.0 Å². The molecule has 3 aliphatic heterocycles. The lowest BCUT2D eigenvalue weighted by Gasteiger charge is -2.60. The zero-order chi connectivity index (χ0) is 21.0. The molecule has 3 aliphatic rings. The first-order valence-corrected chi connectivity index (χ1v) is 11.3. The summed E-state index contributed by atoms with van der Waals surface area (Å²) >= 11 is 0. The third kappa shape index (κ3) is 3.92. The molecule has 0 radical (unpaired) electrons. The predicted molar refractivity (Wildman–Crippen MR) is 99.9 cm³/mol. The van der Waals surface area contributed by atoms with Gasteiger partial charge in [-0.25, -0.2) is 13.4 Å². The molecule has 3 saturated heterocycles. The molecule has 29 heavy (non-hydrogen) atoms. The van der Waals surface area contributed by atoms with Gasteiger partial charge in [-0.2, -0.15) is 17.5 Å². The molecule has 0 saturated carbocycles. The van der Waals surface area contributed by atoms with E-state index in [1.54, 1.807) is 0 Å². The van der Waals surface area contributed by atoms with Crippen molar-refractivity contribution in [3.63, 3.8) is 0 Å². The van der Waals surface area contributed by atoms with Crippen molar-refractivity contribution < 1.29 is 26.3 Å². The number of pyridine rings is 1. The fourth-order valence-electron chi connectivity index (χ4n) is 4.88. The van der Waals surface area contributed by atoms with Crippen LogP contribution in [0, 0.1) is 25.2 Å². The number of halogens is 3. The van der Waals surface area contributed by atoms with Crippen LogP contribution in [0.2, 0.25) is 0 Å². The molecular formula is C19H26F3N3O3S. The number of nitrogens with zero attached hydrogens (tertiary/aromatic N) is 3. The normalized spacial score (nSPS) is 23.8. The van der Waals surface area contributed by atoms with E-state index in [-0.39, 0.29) is 21.6 Å². The van der Waals surface area contributed by atoms with Gasteiger partial charge in [0.1, 0.15) is 10.6 Å². The van der Waals surface area contributed by atoms with Crippen LogP contribution in [0.4, 0.5) is 13.2 Å². The van der Waals surface area contributed by atoms with E-state index in [1.807, 2.05) is 0 Å². The monoisotopic (exact) mass is 433 g/mol. The zero-order valence-electron chi connectivity index (χ0n) is 16.6. The fraction of sp³-hybridized carbons (Fsp3) is 0.737. The van der Waals surface area contributed by atoms with Gasteiger partial charge in [0.05, 0.1) is 5.69 Å². The van der Waals surface area contributed by atoms with Crippen LogP contribution in [-0.2, 0) is 20.9 Å². The smallest absolute Gasteiger partial charge is 0.381 e. The summed E-state index contributed by atoms with van der Waals surface area (Å²) in [5.74, 6) is 0.643. The quantitative estimate of drug-likeness (QED) is 0.730. The fourth-order valence-corrected chi connectivity index (χ4v) is 6.91. The van der Waals surface area contributed by atoms with Crippen molar-refractivity contribution in [1.29, 1.82) is 0 Å². The maximum absolute atomic E-state index is 13.0. The van der Waals surface area contributed by atoms with Crippen LogP contribution >= 0.6 is 0 Å². The molecule has 0 unspecified atom stereocenters. The number of hydrogen-bond donors (Lipinski definition) is 0. The number of aryl methyl sites for hydroxylation is 2. The van der Waals surface area contributed by atoms with Crippen molar-refractivity contribution in [3.8, 4) is 0 Å². The first kappa shape index (κ1) is 21.0. The van der Waals surface area contributed by atoms with Crippen LogP contribution in [0.5, 0.6) is 0 Å². The van der Waals surface area contributed by atoms with Crippen LogP contribution in [0.15, 0.2) is 11.0 Å². The topological polar surface area (TPSA) is 62.7 Å². The number of likely N-dealkylation sites (tertiary alicyclic amines) is 1. The summed E-state index contributed by atoms with van der Waals surface area (Å²) in [5, 5.41) is 0. The molecule has 0 atom stereocenters. The number of ether oxygens (including phenoxy) is 1. The molecule has 0 N–H and O–H groups in total. The Morgan fingerprint density at radius 2 is 1.79 bits per heavy atom. The SMILES string of the molecule is Cc1cc(C(F)(F)F)nc(C)c1S(=O)(=O)N1CC2(CN(CC3CCOCC3)C2)C1. The molecule has 0 aliphatic carbocycles. The molecular weight excluding hydrogens is 407 g/mol. The van der Waals surface area contributed by atoms with Crippen molar-refractivity contribution in [2.75, 3.05) is 45.9 Å². The second-order valence-electron chi connectivity index (χ2n) is 8.74. The molecule has 1 aromatic rings. The van der Waals surface area contributed by atoms with E-state index < -0.39 is 21.9 Å². The van der Waals surface area contributed by atoms with Gasteiger partial charge in [-0.3, -0.25) is 0 Å². The summed E-state index contributed by atoms with van der Waals surface area (Å²) in [7, 11) is -3.85. The van der Waals surface area contributed by atoms with Gasteiger partial charge in [0.15, 0.2) is 0 Å². The minimum absolute atomic E-state index is 0.0145. The molecule has 3 fully saturated rings.